The van der Waals surface area contributed by atoms with E-state index < -0.39 is 28.5 Å². The minimum Gasteiger partial charge on any atom is -0.493 e. The standard InChI is InChI=1S/C30H36BrN3O6S/c1-5-6-18-32-30(36)22(2)33(20-23-12-14-24(31)15-13-23)29(35)21-34(25-10-8-7-9-11-25)41(37,38)26-16-17-27(39-3)28(19-26)40-4/h7-17,19,22H,5-6,18,20-21H2,1-4H3,(H,32,36)/t22-/m0/s1. The van der Waals surface area contributed by atoms with Crippen LogP contribution in [0.4, 0.5) is 5.69 Å². The predicted octanol–water partition coefficient (Wildman–Crippen LogP) is 5.00. The molecule has 2 amide bonds. The molecule has 0 aromatic heterocycles. The van der Waals surface area contributed by atoms with Crippen LogP contribution in [-0.2, 0) is 26.2 Å². The summed E-state index contributed by atoms with van der Waals surface area (Å²) in [4.78, 5) is 28.3. The van der Waals surface area contributed by atoms with Gasteiger partial charge in [0.1, 0.15) is 12.6 Å². The molecule has 3 aromatic carbocycles. The quantitative estimate of drug-likeness (QED) is 0.248. The van der Waals surface area contributed by atoms with Crippen molar-refractivity contribution in [2.24, 2.45) is 0 Å². The highest BCUT2D eigenvalue weighted by Gasteiger charge is 2.33. The number of hydrogen-bond donors (Lipinski definition) is 1. The van der Waals surface area contributed by atoms with Crippen molar-refractivity contribution in [2.45, 2.75) is 44.2 Å². The number of rotatable bonds is 14. The van der Waals surface area contributed by atoms with Gasteiger partial charge in [-0.05, 0) is 55.3 Å². The highest BCUT2D eigenvalue weighted by Crippen LogP contribution is 2.32. The number of nitrogens with zero attached hydrogens (tertiary/aromatic N) is 2. The summed E-state index contributed by atoms with van der Waals surface area (Å²) in [6, 6.07) is 19.2. The Kier molecular flexibility index (Phi) is 11.6. The Morgan fingerprint density at radius 1 is 0.951 bits per heavy atom. The summed E-state index contributed by atoms with van der Waals surface area (Å²) >= 11 is 3.42. The van der Waals surface area contributed by atoms with Gasteiger partial charge < -0.3 is 19.7 Å². The molecule has 3 rings (SSSR count). The van der Waals surface area contributed by atoms with Crippen molar-refractivity contribution in [3.8, 4) is 11.5 Å². The molecule has 0 radical (unpaired) electrons. The van der Waals surface area contributed by atoms with Crippen LogP contribution in [0, 0.1) is 0 Å². The number of ether oxygens (including phenoxy) is 2. The second kappa shape index (κ2) is 14.9. The van der Waals surface area contributed by atoms with Gasteiger partial charge in [-0.25, -0.2) is 8.42 Å². The van der Waals surface area contributed by atoms with Crippen LogP contribution in [0.25, 0.3) is 0 Å². The minimum absolute atomic E-state index is 0.0726. The van der Waals surface area contributed by atoms with Gasteiger partial charge in [0.25, 0.3) is 10.0 Å². The SMILES string of the molecule is CCCCNC(=O)[C@H](C)N(Cc1ccc(Br)cc1)C(=O)CN(c1ccccc1)S(=O)(=O)c1ccc(OC)c(OC)c1. The Bertz CT molecular complexity index is 1420. The van der Waals surface area contributed by atoms with Crippen molar-refractivity contribution in [1.82, 2.24) is 10.2 Å². The van der Waals surface area contributed by atoms with Crippen LogP contribution in [0.2, 0.25) is 0 Å². The van der Waals surface area contributed by atoms with Crippen molar-refractivity contribution in [3.05, 3.63) is 82.8 Å². The molecular formula is C30H36BrN3O6S. The molecule has 0 aliphatic carbocycles. The van der Waals surface area contributed by atoms with Gasteiger partial charge in [-0.15, -0.1) is 0 Å². The van der Waals surface area contributed by atoms with Crippen LogP contribution in [0.1, 0.15) is 32.3 Å². The van der Waals surface area contributed by atoms with E-state index in [9.17, 15) is 18.0 Å². The van der Waals surface area contributed by atoms with Gasteiger partial charge in [-0.1, -0.05) is 59.6 Å². The molecule has 0 spiro atoms. The monoisotopic (exact) mass is 645 g/mol. The van der Waals surface area contributed by atoms with E-state index in [2.05, 4.69) is 21.2 Å². The maximum atomic E-state index is 14.0. The van der Waals surface area contributed by atoms with Gasteiger partial charge in [0, 0.05) is 23.6 Å². The zero-order chi connectivity index (χ0) is 30.0. The normalized spacial score (nSPS) is 11.8. The number of benzene rings is 3. The van der Waals surface area contributed by atoms with Gasteiger partial charge in [0.05, 0.1) is 24.8 Å². The van der Waals surface area contributed by atoms with E-state index in [1.54, 1.807) is 37.3 Å². The first-order valence-electron chi connectivity index (χ1n) is 13.2. The zero-order valence-corrected chi connectivity index (χ0v) is 26.1. The number of anilines is 1. The Hall–Kier alpha value is -3.57. The van der Waals surface area contributed by atoms with E-state index in [0.29, 0.717) is 18.0 Å². The molecule has 0 bridgehead atoms. The van der Waals surface area contributed by atoms with E-state index in [4.69, 9.17) is 9.47 Å². The van der Waals surface area contributed by atoms with E-state index in [1.807, 2.05) is 31.2 Å². The molecule has 1 atom stereocenters. The summed E-state index contributed by atoms with van der Waals surface area (Å²) in [5.74, 6) is -0.226. The van der Waals surface area contributed by atoms with Gasteiger partial charge in [0.2, 0.25) is 11.8 Å². The number of unbranched alkanes of at least 4 members (excludes halogenated alkanes) is 1. The third-order valence-electron chi connectivity index (χ3n) is 6.53. The molecule has 11 heteroatoms. The van der Waals surface area contributed by atoms with E-state index in [1.165, 1.54) is 37.3 Å². The molecule has 41 heavy (non-hydrogen) atoms. The summed E-state index contributed by atoms with van der Waals surface area (Å²) < 4.78 is 40.5. The molecule has 0 aliphatic rings. The number of sulfonamides is 1. The van der Waals surface area contributed by atoms with Gasteiger partial charge >= 0.3 is 0 Å². The Morgan fingerprint density at radius 3 is 2.22 bits per heavy atom. The number of para-hydroxylation sites is 1. The molecule has 1 N–H and O–H groups in total. The first-order chi connectivity index (χ1) is 19.6. The maximum absolute atomic E-state index is 14.0. The Balaban J connectivity index is 2.01. The number of amides is 2. The highest BCUT2D eigenvalue weighted by molar-refractivity contribution is 9.10. The minimum atomic E-state index is -4.24. The average Bonchev–Trinajstić information content (AvgIpc) is 2.99. The summed E-state index contributed by atoms with van der Waals surface area (Å²) in [6.07, 6.45) is 1.72. The molecule has 0 saturated heterocycles. The van der Waals surface area contributed by atoms with Crippen molar-refractivity contribution >= 4 is 43.5 Å². The third-order valence-corrected chi connectivity index (χ3v) is 8.83. The number of nitrogens with one attached hydrogen (secondary N) is 1. The molecule has 220 valence electrons. The second-order valence-corrected chi connectivity index (χ2v) is 12.1. The van der Waals surface area contributed by atoms with E-state index >= 15 is 0 Å². The number of methoxy groups -OCH3 is 2. The van der Waals surface area contributed by atoms with Crippen molar-refractivity contribution in [3.63, 3.8) is 0 Å². The topological polar surface area (TPSA) is 105 Å². The van der Waals surface area contributed by atoms with Gasteiger partial charge in [0.15, 0.2) is 11.5 Å². The van der Waals surface area contributed by atoms with Crippen molar-refractivity contribution < 1.29 is 27.5 Å². The van der Waals surface area contributed by atoms with E-state index in [-0.39, 0.29) is 23.1 Å². The smallest absolute Gasteiger partial charge is 0.264 e. The largest absolute Gasteiger partial charge is 0.493 e. The van der Waals surface area contributed by atoms with Crippen LogP contribution in [-0.4, -0.2) is 58.5 Å². The van der Waals surface area contributed by atoms with Crippen molar-refractivity contribution in [1.29, 1.82) is 0 Å². The van der Waals surface area contributed by atoms with Crippen LogP contribution in [0.5, 0.6) is 11.5 Å². The Morgan fingerprint density at radius 2 is 1.61 bits per heavy atom. The number of carbonyl (C=O) groups excluding carboxylic acids is 2. The van der Waals surface area contributed by atoms with E-state index in [0.717, 1.165) is 27.2 Å². The molecule has 9 nitrogen and oxygen atoms in total. The van der Waals surface area contributed by atoms with Gasteiger partial charge in [-0.3, -0.25) is 13.9 Å². The summed E-state index contributed by atoms with van der Waals surface area (Å²) in [7, 11) is -1.36. The molecule has 0 fully saturated rings. The fourth-order valence-corrected chi connectivity index (χ4v) is 5.83. The highest BCUT2D eigenvalue weighted by atomic mass is 79.9. The second-order valence-electron chi connectivity index (χ2n) is 9.33. The van der Waals surface area contributed by atoms with Gasteiger partial charge in [-0.2, -0.15) is 0 Å². The molecule has 3 aromatic rings. The van der Waals surface area contributed by atoms with Crippen molar-refractivity contribution in [2.75, 3.05) is 31.6 Å². The molecule has 0 heterocycles. The zero-order valence-electron chi connectivity index (χ0n) is 23.7. The molecular weight excluding hydrogens is 610 g/mol. The summed E-state index contributed by atoms with van der Waals surface area (Å²) in [5, 5.41) is 2.88. The predicted molar refractivity (Wildman–Crippen MR) is 163 cm³/mol. The summed E-state index contributed by atoms with van der Waals surface area (Å²) in [5.41, 5.74) is 1.10. The number of carbonyl (C=O) groups is 2. The fourth-order valence-electron chi connectivity index (χ4n) is 4.13. The lowest BCUT2D eigenvalue weighted by atomic mass is 10.1. The van der Waals surface area contributed by atoms with Crippen LogP contribution >= 0.6 is 15.9 Å². The lowest BCUT2D eigenvalue weighted by Gasteiger charge is -2.32. The lowest BCUT2D eigenvalue weighted by molar-refractivity contribution is -0.139. The number of hydrogen-bond acceptors (Lipinski definition) is 6. The van der Waals surface area contributed by atoms with Crippen LogP contribution in [0.15, 0.2) is 82.2 Å². The van der Waals surface area contributed by atoms with Crippen LogP contribution < -0.4 is 19.1 Å². The number of halogens is 1. The fraction of sp³-hybridized carbons (Fsp3) is 0.333. The van der Waals surface area contributed by atoms with Crippen LogP contribution in [0.3, 0.4) is 0 Å². The third kappa shape index (κ3) is 8.23. The summed E-state index contributed by atoms with van der Waals surface area (Å²) in [6.45, 7) is 3.75. The average molecular weight is 647 g/mol. The maximum Gasteiger partial charge on any atom is 0.264 e. The lowest BCUT2D eigenvalue weighted by Crippen LogP contribution is -2.51. The molecule has 0 aliphatic heterocycles. The molecule has 0 saturated carbocycles. The molecule has 0 unspecified atom stereocenters. The first-order valence-corrected chi connectivity index (χ1v) is 15.5. The first kappa shape index (κ1) is 32.0. The Labute approximate surface area is 250 Å².